The van der Waals surface area contributed by atoms with Gasteiger partial charge in [-0.2, -0.15) is 0 Å². The fraction of sp³-hybridized carbons (Fsp3) is 0.389. The second kappa shape index (κ2) is 7.01. The van der Waals surface area contributed by atoms with Crippen LogP contribution in [0.2, 0.25) is 5.02 Å². The molecule has 1 aromatic carbocycles. The molecule has 3 nitrogen and oxygen atoms in total. The fourth-order valence-corrected chi connectivity index (χ4v) is 3.27. The van der Waals surface area contributed by atoms with Gasteiger partial charge in [-0.05, 0) is 49.2 Å². The van der Waals surface area contributed by atoms with E-state index in [1.807, 2.05) is 18.2 Å². The molecule has 1 aromatic rings. The lowest BCUT2D eigenvalue weighted by molar-refractivity contribution is 0.346. The third kappa shape index (κ3) is 3.53. The van der Waals surface area contributed by atoms with Crippen LogP contribution in [0, 0.1) is 0 Å². The second-order valence-electron chi connectivity index (χ2n) is 5.90. The van der Waals surface area contributed by atoms with Gasteiger partial charge in [0.05, 0.1) is 18.4 Å². The Morgan fingerprint density at radius 2 is 2.18 bits per heavy atom. The van der Waals surface area contributed by atoms with Gasteiger partial charge in [-0.3, -0.25) is 4.99 Å². The molecule has 2 aliphatic heterocycles. The summed E-state index contributed by atoms with van der Waals surface area (Å²) >= 11 is 5.96. The zero-order chi connectivity index (χ0) is 15.4. The minimum Gasteiger partial charge on any atom is -0.374 e. The SMILES string of the molecule is C=CC1NC=NC1/C=C/N1CCCC1Cc1ccc(Cl)cc1. The Bertz CT molecular complexity index is 564. The standard InChI is InChI=1S/C18H22ClN3/c1-2-17-18(21-13-20-17)9-11-22-10-3-4-16(22)12-14-5-7-15(19)8-6-14/h2,5-9,11,13,16-18H,1,3-4,10,12H2,(H,20,21)/b11-9+. The van der Waals surface area contributed by atoms with Gasteiger partial charge in [-0.1, -0.05) is 29.8 Å². The number of likely N-dealkylation sites (tertiary alicyclic amines) is 1. The first kappa shape index (κ1) is 15.2. The Kier molecular flexibility index (Phi) is 4.84. The Morgan fingerprint density at radius 3 is 2.95 bits per heavy atom. The maximum absolute atomic E-state index is 5.96. The maximum atomic E-state index is 5.96. The van der Waals surface area contributed by atoms with Crippen molar-refractivity contribution in [3.8, 4) is 0 Å². The van der Waals surface area contributed by atoms with Crippen molar-refractivity contribution in [2.45, 2.75) is 37.4 Å². The molecule has 0 saturated carbocycles. The highest BCUT2D eigenvalue weighted by molar-refractivity contribution is 6.30. The van der Waals surface area contributed by atoms with Gasteiger partial charge in [0, 0.05) is 17.6 Å². The fourth-order valence-electron chi connectivity index (χ4n) is 3.15. The number of nitrogens with zero attached hydrogens (tertiary/aromatic N) is 2. The van der Waals surface area contributed by atoms with Gasteiger partial charge in [-0.25, -0.2) is 0 Å². The van der Waals surface area contributed by atoms with Crippen molar-refractivity contribution < 1.29 is 0 Å². The molecule has 3 atom stereocenters. The molecule has 3 unspecified atom stereocenters. The van der Waals surface area contributed by atoms with Gasteiger partial charge >= 0.3 is 0 Å². The number of halogens is 1. The van der Waals surface area contributed by atoms with Gasteiger partial charge in [-0.15, -0.1) is 6.58 Å². The van der Waals surface area contributed by atoms with E-state index in [0.717, 1.165) is 18.0 Å². The Hall–Kier alpha value is -1.74. The summed E-state index contributed by atoms with van der Waals surface area (Å²) in [4.78, 5) is 6.88. The molecule has 2 heterocycles. The van der Waals surface area contributed by atoms with E-state index < -0.39 is 0 Å². The van der Waals surface area contributed by atoms with E-state index in [1.165, 1.54) is 18.4 Å². The molecule has 4 heteroatoms. The van der Waals surface area contributed by atoms with Crippen molar-refractivity contribution in [1.82, 2.24) is 10.2 Å². The average molecular weight is 316 g/mol. The number of benzene rings is 1. The predicted octanol–water partition coefficient (Wildman–Crippen LogP) is 3.42. The Balaban J connectivity index is 1.62. The molecule has 0 spiro atoms. The quantitative estimate of drug-likeness (QED) is 0.843. The number of hydrogen-bond donors (Lipinski definition) is 1. The summed E-state index contributed by atoms with van der Waals surface area (Å²) in [7, 11) is 0. The van der Waals surface area contributed by atoms with Crippen molar-refractivity contribution in [3.05, 3.63) is 59.8 Å². The third-order valence-corrected chi connectivity index (χ3v) is 4.67. The van der Waals surface area contributed by atoms with E-state index in [4.69, 9.17) is 11.6 Å². The van der Waals surface area contributed by atoms with Crippen LogP contribution in [0.1, 0.15) is 18.4 Å². The molecule has 3 rings (SSSR count). The summed E-state index contributed by atoms with van der Waals surface area (Å²) < 4.78 is 0. The maximum Gasteiger partial charge on any atom is 0.0951 e. The molecule has 1 saturated heterocycles. The van der Waals surface area contributed by atoms with Gasteiger partial charge in [0.1, 0.15) is 0 Å². The van der Waals surface area contributed by atoms with Crippen LogP contribution in [0.25, 0.3) is 0 Å². The molecule has 0 amide bonds. The summed E-state index contributed by atoms with van der Waals surface area (Å²) in [6.45, 7) is 4.97. The first-order chi connectivity index (χ1) is 10.8. The zero-order valence-corrected chi connectivity index (χ0v) is 13.4. The van der Waals surface area contributed by atoms with Crippen molar-refractivity contribution >= 4 is 17.9 Å². The molecule has 22 heavy (non-hydrogen) atoms. The van der Waals surface area contributed by atoms with Gasteiger partial charge in [0.25, 0.3) is 0 Å². The summed E-state index contributed by atoms with van der Waals surface area (Å²) in [6.07, 6.45) is 11.7. The van der Waals surface area contributed by atoms with E-state index in [0.29, 0.717) is 6.04 Å². The van der Waals surface area contributed by atoms with Crippen LogP contribution in [0.15, 0.2) is 54.2 Å². The number of hydrogen-bond acceptors (Lipinski definition) is 3. The van der Waals surface area contributed by atoms with Crippen LogP contribution < -0.4 is 5.32 Å². The topological polar surface area (TPSA) is 27.6 Å². The number of nitrogens with one attached hydrogen (secondary N) is 1. The van der Waals surface area contributed by atoms with E-state index >= 15 is 0 Å². The zero-order valence-electron chi connectivity index (χ0n) is 12.7. The molecule has 0 aromatic heterocycles. The van der Waals surface area contributed by atoms with Crippen LogP contribution in [-0.4, -0.2) is 35.9 Å². The highest BCUT2D eigenvalue weighted by atomic mass is 35.5. The van der Waals surface area contributed by atoms with Crippen LogP contribution >= 0.6 is 11.6 Å². The van der Waals surface area contributed by atoms with Crippen LogP contribution in [0.3, 0.4) is 0 Å². The average Bonchev–Trinajstić information content (AvgIpc) is 3.16. The van der Waals surface area contributed by atoms with Gasteiger partial charge < -0.3 is 10.2 Å². The normalized spacial score (nSPS) is 27.5. The molecule has 0 bridgehead atoms. The monoisotopic (exact) mass is 315 g/mol. The molecule has 1 N–H and O–H groups in total. The third-order valence-electron chi connectivity index (χ3n) is 4.42. The van der Waals surface area contributed by atoms with Crippen molar-refractivity contribution in [2.75, 3.05) is 6.54 Å². The minimum atomic E-state index is 0.161. The molecule has 116 valence electrons. The molecule has 0 aliphatic carbocycles. The first-order valence-electron chi connectivity index (χ1n) is 7.85. The van der Waals surface area contributed by atoms with Crippen LogP contribution in [-0.2, 0) is 6.42 Å². The Morgan fingerprint density at radius 1 is 1.36 bits per heavy atom. The molecule has 0 radical (unpaired) electrons. The predicted molar refractivity (Wildman–Crippen MR) is 93.4 cm³/mol. The summed E-state index contributed by atoms with van der Waals surface area (Å²) in [5, 5.41) is 4.00. The van der Waals surface area contributed by atoms with Gasteiger partial charge in [0.2, 0.25) is 0 Å². The summed E-state index contributed by atoms with van der Waals surface area (Å²) in [5.74, 6) is 0. The van der Waals surface area contributed by atoms with E-state index in [9.17, 15) is 0 Å². The minimum absolute atomic E-state index is 0.161. The molecule has 2 aliphatic rings. The lowest BCUT2D eigenvalue weighted by Crippen LogP contribution is -2.30. The Labute approximate surface area is 137 Å². The lowest BCUT2D eigenvalue weighted by atomic mass is 10.0. The largest absolute Gasteiger partial charge is 0.374 e. The van der Waals surface area contributed by atoms with Crippen molar-refractivity contribution in [3.63, 3.8) is 0 Å². The highest BCUT2D eigenvalue weighted by Crippen LogP contribution is 2.23. The van der Waals surface area contributed by atoms with Crippen LogP contribution in [0.5, 0.6) is 0 Å². The second-order valence-corrected chi connectivity index (χ2v) is 6.34. The lowest BCUT2D eigenvalue weighted by Gasteiger charge is -2.23. The smallest absolute Gasteiger partial charge is 0.0951 e. The highest BCUT2D eigenvalue weighted by Gasteiger charge is 2.23. The van der Waals surface area contributed by atoms with E-state index in [1.54, 1.807) is 6.34 Å². The molecular weight excluding hydrogens is 294 g/mol. The molecular formula is C18H22ClN3. The van der Waals surface area contributed by atoms with Crippen LogP contribution in [0.4, 0.5) is 0 Å². The van der Waals surface area contributed by atoms with E-state index in [-0.39, 0.29) is 12.1 Å². The number of rotatable bonds is 5. The van der Waals surface area contributed by atoms with Gasteiger partial charge in [0.15, 0.2) is 0 Å². The summed E-state index contributed by atoms with van der Waals surface area (Å²) in [6, 6.07) is 9.14. The first-order valence-corrected chi connectivity index (χ1v) is 8.23. The van der Waals surface area contributed by atoms with Crippen molar-refractivity contribution in [2.24, 2.45) is 4.99 Å². The molecule has 1 fully saturated rings. The number of aliphatic imine (C=N–C) groups is 1. The van der Waals surface area contributed by atoms with E-state index in [2.05, 4.69) is 46.2 Å². The van der Waals surface area contributed by atoms with Crippen molar-refractivity contribution in [1.29, 1.82) is 0 Å². The summed E-state index contributed by atoms with van der Waals surface area (Å²) in [5.41, 5.74) is 1.35.